The fraction of sp³-hybridized carbons (Fsp3) is 0.721. The van der Waals surface area contributed by atoms with Gasteiger partial charge < -0.3 is 20.4 Å². The topological polar surface area (TPSA) is 96.9 Å². The van der Waals surface area contributed by atoms with Crippen LogP contribution in [0, 0.1) is 11.8 Å². The summed E-state index contributed by atoms with van der Waals surface area (Å²) in [6.45, 7) is 22.5. The van der Waals surface area contributed by atoms with Crippen molar-refractivity contribution in [1.82, 2.24) is 30.4 Å². The summed E-state index contributed by atoms with van der Waals surface area (Å²) in [4.78, 5) is 41.1. The van der Waals surface area contributed by atoms with Gasteiger partial charge in [-0.3, -0.25) is 19.4 Å². The number of aromatic nitrogens is 2. The number of anilines is 2. The molecule has 4 aliphatic rings. The van der Waals surface area contributed by atoms with Crippen molar-refractivity contribution in [2.45, 2.75) is 125 Å². The number of hydrogen-bond donors (Lipinski definition) is 2. The number of pyridine rings is 2. The van der Waals surface area contributed by atoms with E-state index in [1.54, 1.807) is 13.8 Å². The third kappa shape index (κ3) is 17.2. The van der Waals surface area contributed by atoms with Crippen molar-refractivity contribution in [3.63, 3.8) is 0 Å². The summed E-state index contributed by atoms with van der Waals surface area (Å²) in [5, 5.41) is 6.13. The predicted molar refractivity (Wildman–Crippen MR) is 224 cm³/mol. The molecule has 2 aliphatic carbocycles. The second-order valence-corrected chi connectivity index (χ2v) is 14.4. The van der Waals surface area contributed by atoms with Crippen LogP contribution < -0.4 is 20.4 Å². The molecule has 0 unspecified atom stereocenters. The molecule has 0 aromatic carbocycles. The van der Waals surface area contributed by atoms with Crippen LogP contribution in [0.1, 0.15) is 113 Å². The molecule has 2 aliphatic heterocycles. The maximum Gasteiger partial charge on any atom is 0.217 e. The van der Waals surface area contributed by atoms with Gasteiger partial charge in [-0.1, -0.05) is 47.3 Å². The van der Waals surface area contributed by atoms with Gasteiger partial charge in [-0.05, 0) is 113 Å². The fourth-order valence-electron chi connectivity index (χ4n) is 7.98. The molecule has 53 heavy (non-hydrogen) atoms. The number of nitrogens with one attached hydrogen (secondary N) is 2. The van der Waals surface area contributed by atoms with Gasteiger partial charge in [0.15, 0.2) is 0 Å². The van der Waals surface area contributed by atoms with Crippen LogP contribution >= 0.6 is 0 Å². The second kappa shape index (κ2) is 26.5. The highest BCUT2D eigenvalue weighted by Crippen LogP contribution is 2.28. The van der Waals surface area contributed by atoms with E-state index in [1.165, 1.54) is 51.6 Å². The van der Waals surface area contributed by atoms with Crippen LogP contribution in [0.4, 0.5) is 11.6 Å². The van der Waals surface area contributed by atoms with E-state index in [4.69, 9.17) is 0 Å². The number of carbonyl (C=O) groups excluding carboxylic acids is 2. The monoisotopic (exact) mass is 737 g/mol. The lowest BCUT2D eigenvalue weighted by molar-refractivity contribution is -0.120. The first-order valence-electron chi connectivity index (χ1n) is 20.7. The van der Waals surface area contributed by atoms with E-state index in [0.29, 0.717) is 12.1 Å². The zero-order chi connectivity index (χ0) is 37.6. The molecule has 0 atom stereocenters. The van der Waals surface area contributed by atoms with Gasteiger partial charge in [-0.15, -0.1) is 0 Å². The molecule has 6 rings (SSSR count). The van der Waals surface area contributed by atoms with Gasteiger partial charge in [0, 0.05) is 90.7 Å². The standard InChI is InChI=1S/2C19H30N4O.2C2H6.CH4/c2*1-16(24)21-18-7-5-17(6-8-18)9-11-22-12-14-23(15-13-22)19-4-2-3-10-20-19;2*1-2;/h2*2-4,10,17-18H,5-9,11-15H2,1H3,(H,21,24);2*1-2H3;1H4. The molecule has 4 fully saturated rings. The highest BCUT2D eigenvalue weighted by Gasteiger charge is 2.25. The van der Waals surface area contributed by atoms with Crippen LogP contribution in [0.25, 0.3) is 0 Å². The highest BCUT2D eigenvalue weighted by molar-refractivity contribution is 5.73. The first kappa shape index (κ1) is 45.9. The first-order chi connectivity index (χ1) is 25.4. The van der Waals surface area contributed by atoms with Crippen molar-refractivity contribution in [2.24, 2.45) is 11.8 Å². The minimum absolute atomic E-state index is 0. The Morgan fingerprint density at radius 1 is 0.566 bits per heavy atom. The van der Waals surface area contributed by atoms with E-state index in [1.807, 2.05) is 52.2 Å². The summed E-state index contributed by atoms with van der Waals surface area (Å²) in [7, 11) is 0. The lowest BCUT2D eigenvalue weighted by Crippen LogP contribution is -2.47. The molecule has 2 aromatic heterocycles. The molecule has 300 valence electrons. The number of amides is 2. The first-order valence-corrected chi connectivity index (χ1v) is 20.7. The summed E-state index contributed by atoms with van der Waals surface area (Å²) in [6.07, 6.45) is 16.0. The van der Waals surface area contributed by atoms with Crippen molar-refractivity contribution in [1.29, 1.82) is 0 Å². The number of nitrogens with zero attached hydrogens (tertiary/aromatic N) is 6. The van der Waals surface area contributed by atoms with Crippen molar-refractivity contribution in [3.8, 4) is 0 Å². The lowest BCUT2D eigenvalue weighted by Gasteiger charge is -2.36. The van der Waals surface area contributed by atoms with Crippen LogP contribution in [-0.2, 0) is 9.59 Å². The fourth-order valence-corrected chi connectivity index (χ4v) is 7.98. The molecule has 0 radical (unpaired) electrons. The van der Waals surface area contributed by atoms with Gasteiger partial charge in [0.05, 0.1) is 0 Å². The molecule has 2 amide bonds. The summed E-state index contributed by atoms with van der Waals surface area (Å²) < 4.78 is 0. The van der Waals surface area contributed by atoms with Crippen LogP contribution in [0.15, 0.2) is 48.8 Å². The van der Waals surface area contributed by atoms with Gasteiger partial charge in [0.2, 0.25) is 11.8 Å². The molecule has 10 heteroatoms. The Balaban J connectivity index is 0.000000330. The molecule has 4 heterocycles. The number of piperazine rings is 2. The van der Waals surface area contributed by atoms with Crippen LogP contribution in [-0.4, -0.2) is 109 Å². The van der Waals surface area contributed by atoms with Gasteiger partial charge in [0.1, 0.15) is 11.6 Å². The van der Waals surface area contributed by atoms with E-state index in [9.17, 15) is 9.59 Å². The molecule has 2 saturated heterocycles. The molecular formula is C43H76N8O2. The molecule has 0 spiro atoms. The Labute approximate surface area is 323 Å². The van der Waals surface area contributed by atoms with Crippen LogP contribution in [0.2, 0.25) is 0 Å². The Morgan fingerprint density at radius 3 is 1.19 bits per heavy atom. The van der Waals surface area contributed by atoms with Gasteiger partial charge in [-0.25, -0.2) is 9.97 Å². The normalized spacial score (nSPS) is 23.3. The molecule has 2 saturated carbocycles. The molecule has 10 nitrogen and oxygen atoms in total. The summed E-state index contributed by atoms with van der Waals surface area (Å²) in [6, 6.07) is 13.1. The van der Waals surface area contributed by atoms with Crippen molar-refractivity contribution < 1.29 is 9.59 Å². The van der Waals surface area contributed by atoms with Gasteiger partial charge in [0.25, 0.3) is 0 Å². The maximum absolute atomic E-state index is 11.1. The molecular weight excluding hydrogens is 661 g/mol. The average Bonchev–Trinajstić information content (AvgIpc) is 3.20. The van der Waals surface area contributed by atoms with E-state index < -0.39 is 0 Å². The zero-order valence-electron chi connectivity index (χ0n) is 33.6. The van der Waals surface area contributed by atoms with Crippen LogP contribution in [0.3, 0.4) is 0 Å². The van der Waals surface area contributed by atoms with Crippen molar-refractivity contribution in [2.75, 3.05) is 75.2 Å². The minimum atomic E-state index is 0. The van der Waals surface area contributed by atoms with Crippen molar-refractivity contribution >= 4 is 23.5 Å². The average molecular weight is 737 g/mol. The van der Waals surface area contributed by atoms with E-state index in [2.05, 4.69) is 64.5 Å². The lowest BCUT2D eigenvalue weighted by atomic mass is 9.84. The summed E-state index contributed by atoms with van der Waals surface area (Å²) >= 11 is 0. The van der Waals surface area contributed by atoms with Gasteiger partial charge >= 0.3 is 0 Å². The quantitative estimate of drug-likeness (QED) is 0.263. The Hall–Kier alpha value is -3.24. The highest BCUT2D eigenvalue weighted by atomic mass is 16.2. The SMILES string of the molecule is C.CC.CC.CC(=O)NC1CCC(CCN2CCN(c3ccccn3)CC2)CC1.CC(=O)NC1CCC(CCN2CCN(c3ccccn3)CC2)CC1. The van der Waals surface area contributed by atoms with Gasteiger partial charge in [-0.2, -0.15) is 0 Å². The van der Waals surface area contributed by atoms with Crippen molar-refractivity contribution in [3.05, 3.63) is 48.8 Å². The summed E-state index contributed by atoms with van der Waals surface area (Å²) in [5.41, 5.74) is 0. The predicted octanol–water partition coefficient (Wildman–Crippen LogP) is 7.27. The molecule has 2 aromatic rings. The third-order valence-corrected chi connectivity index (χ3v) is 10.9. The van der Waals surface area contributed by atoms with Crippen LogP contribution in [0.5, 0.6) is 0 Å². The van der Waals surface area contributed by atoms with E-state index >= 15 is 0 Å². The minimum Gasteiger partial charge on any atom is -0.354 e. The second-order valence-electron chi connectivity index (χ2n) is 14.4. The molecule has 2 N–H and O–H groups in total. The largest absolute Gasteiger partial charge is 0.354 e. The number of rotatable bonds is 10. The van der Waals surface area contributed by atoms with E-state index in [-0.39, 0.29) is 19.2 Å². The number of carbonyl (C=O) groups is 2. The van der Waals surface area contributed by atoms with E-state index in [0.717, 1.165) is 102 Å². The maximum atomic E-state index is 11.1. The Kier molecular flexibility index (Phi) is 23.0. The molecule has 0 bridgehead atoms. The zero-order valence-corrected chi connectivity index (χ0v) is 33.6. The summed E-state index contributed by atoms with van der Waals surface area (Å²) in [5.74, 6) is 4.11. The third-order valence-electron chi connectivity index (χ3n) is 10.9. The Morgan fingerprint density at radius 2 is 0.906 bits per heavy atom. The number of hydrogen-bond acceptors (Lipinski definition) is 8. The smallest absolute Gasteiger partial charge is 0.217 e. The Bertz CT molecular complexity index is 1110.